The maximum atomic E-state index is 12.4. The Morgan fingerprint density at radius 2 is 2.12 bits per heavy atom. The number of hydrogen-bond acceptors (Lipinski definition) is 3. The van der Waals surface area contributed by atoms with Crippen LogP contribution in [0.25, 0.3) is 10.9 Å². The summed E-state index contributed by atoms with van der Waals surface area (Å²) < 4.78 is 0.962. The molecule has 1 aromatic heterocycles. The second kappa shape index (κ2) is 6.94. The molecule has 1 aromatic carbocycles. The first-order chi connectivity index (χ1) is 11.5. The molecule has 1 saturated carbocycles. The lowest BCUT2D eigenvalue weighted by Gasteiger charge is -2.42. The number of nitrogens with one attached hydrogen (secondary N) is 2. The first kappa shape index (κ1) is 17.0. The number of likely N-dealkylation sites (N-methyl/N-ethyl adjacent to an activating group) is 1. The first-order valence-electron chi connectivity index (χ1n) is 8.01. The van der Waals surface area contributed by atoms with Gasteiger partial charge in [-0.25, -0.2) is 0 Å². The summed E-state index contributed by atoms with van der Waals surface area (Å²) in [5.41, 5.74) is 1.46. The molecule has 6 nitrogen and oxygen atoms in total. The Bertz CT molecular complexity index is 768. The summed E-state index contributed by atoms with van der Waals surface area (Å²) in [6, 6.07) is 8.01. The number of carboxylic acids is 1. The minimum atomic E-state index is -0.812. The zero-order chi connectivity index (χ0) is 17.3. The maximum Gasteiger partial charge on any atom is 0.317 e. The quantitative estimate of drug-likeness (QED) is 0.703. The van der Waals surface area contributed by atoms with Crippen molar-refractivity contribution < 1.29 is 14.7 Å². The Hall–Kier alpha value is -1.86. The van der Waals surface area contributed by atoms with Gasteiger partial charge in [0.15, 0.2) is 0 Å². The Morgan fingerprint density at radius 1 is 1.38 bits per heavy atom. The monoisotopic (exact) mass is 393 g/mol. The first-order valence-corrected chi connectivity index (χ1v) is 8.80. The van der Waals surface area contributed by atoms with Crippen molar-refractivity contribution in [2.45, 2.75) is 31.8 Å². The van der Waals surface area contributed by atoms with Gasteiger partial charge in [0.2, 0.25) is 0 Å². The van der Waals surface area contributed by atoms with Crippen LogP contribution in [0.2, 0.25) is 0 Å². The number of benzene rings is 1. The summed E-state index contributed by atoms with van der Waals surface area (Å²) in [4.78, 5) is 28.3. The molecule has 0 saturated heterocycles. The molecule has 0 radical (unpaired) electrons. The zero-order valence-corrected chi connectivity index (χ0v) is 15.0. The van der Waals surface area contributed by atoms with Gasteiger partial charge in [0, 0.05) is 27.5 Å². The van der Waals surface area contributed by atoms with E-state index in [1.165, 1.54) is 0 Å². The average Bonchev–Trinajstić information content (AvgIpc) is 2.91. The summed E-state index contributed by atoms with van der Waals surface area (Å²) in [5.74, 6) is -0.930. The zero-order valence-electron chi connectivity index (χ0n) is 13.4. The van der Waals surface area contributed by atoms with E-state index in [1.807, 2.05) is 36.1 Å². The largest absolute Gasteiger partial charge is 0.480 e. The number of rotatable bonds is 6. The molecule has 3 N–H and O–H groups in total. The fourth-order valence-electron chi connectivity index (χ4n) is 3.16. The average molecular weight is 394 g/mol. The molecule has 1 fully saturated rings. The number of aliphatic carboxylic acids is 1. The minimum Gasteiger partial charge on any atom is -0.480 e. The fourth-order valence-corrected chi connectivity index (χ4v) is 3.52. The molecule has 3 rings (SSSR count). The van der Waals surface area contributed by atoms with Crippen molar-refractivity contribution in [1.29, 1.82) is 0 Å². The van der Waals surface area contributed by atoms with E-state index in [-0.39, 0.29) is 24.5 Å². The van der Waals surface area contributed by atoms with Gasteiger partial charge in [0.1, 0.15) is 5.69 Å². The van der Waals surface area contributed by atoms with Crippen LogP contribution in [0.1, 0.15) is 30.3 Å². The van der Waals surface area contributed by atoms with Gasteiger partial charge in [0.25, 0.3) is 5.91 Å². The molecule has 1 amide bonds. The molecule has 1 heterocycles. The predicted octanol–water partition coefficient (Wildman–Crippen LogP) is 2.60. The van der Waals surface area contributed by atoms with E-state index in [9.17, 15) is 9.59 Å². The lowest BCUT2D eigenvalue weighted by atomic mass is 9.85. The van der Waals surface area contributed by atoms with E-state index in [0.717, 1.165) is 28.2 Å². The van der Waals surface area contributed by atoms with E-state index >= 15 is 0 Å². The van der Waals surface area contributed by atoms with Crippen molar-refractivity contribution in [1.82, 2.24) is 15.2 Å². The van der Waals surface area contributed by atoms with Crippen LogP contribution < -0.4 is 5.32 Å². The number of nitrogens with zero attached hydrogens (tertiary/aromatic N) is 1. The summed E-state index contributed by atoms with van der Waals surface area (Å²) in [6.45, 7) is 2.71. The highest BCUT2D eigenvalue weighted by molar-refractivity contribution is 9.10. The SMILES string of the molecule is CCN(CC(=O)O)C1CC(NC(=O)c2cc3ccc(Br)cc3[nH]2)C1. The summed E-state index contributed by atoms with van der Waals surface area (Å²) >= 11 is 3.42. The summed E-state index contributed by atoms with van der Waals surface area (Å²) in [7, 11) is 0. The van der Waals surface area contributed by atoms with Gasteiger partial charge in [-0.1, -0.05) is 28.9 Å². The molecule has 0 spiro atoms. The second-order valence-corrected chi connectivity index (χ2v) is 7.08. The third kappa shape index (κ3) is 3.62. The van der Waals surface area contributed by atoms with Crippen molar-refractivity contribution in [2.75, 3.05) is 13.1 Å². The number of H-pyrrole nitrogens is 1. The van der Waals surface area contributed by atoms with Crippen molar-refractivity contribution in [3.05, 3.63) is 34.4 Å². The van der Waals surface area contributed by atoms with Crippen LogP contribution in [-0.4, -0.2) is 52.0 Å². The molecule has 1 aliphatic rings. The van der Waals surface area contributed by atoms with E-state index in [1.54, 1.807) is 0 Å². The minimum absolute atomic E-state index is 0.0543. The van der Waals surface area contributed by atoms with Crippen molar-refractivity contribution in [3.63, 3.8) is 0 Å². The van der Waals surface area contributed by atoms with Gasteiger partial charge in [-0.2, -0.15) is 0 Å². The van der Waals surface area contributed by atoms with Gasteiger partial charge in [0.05, 0.1) is 6.54 Å². The Labute approximate surface area is 148 Å². The number of carbonyl (C=O) groups excluding carboxylic acids is 1. The Kier molecular flexibility index (Phi) is 4.91. The van der Waals surface area contributed by atoms with Crippen LogP contribution in [0.15, 0.2) is 28.7 Å². The number of hydrogen-bond donors (Lipinski definition) is 3. The van der Waals surface area contributed by atoms with Crippen molar-refractivity contribution >= 4 is 38.7 Å². The number of halogens is 1. The van der Waals surface area contributed by atoms with Crippen LogP contribution in [0.4, 0.5) is 0 Å². The highest BCUT2D eigenvalue weighted by Crippen LogP contribution is 2.26. The normalized spacial score (nSPS) is 20.1. The highest BCUT2D eigenvalue weighted by atomic mass is 79.9. The second-order valence-electron chi connectivity index (χ2n) is 6.17. The van der Waals surface area contributed by atoms with Gasteiger partial charge in [-0.05, 0) is 37.6 Å². The summed E-state index contributed by atoms with van der Waals surface area (Å²) in [5, 5.41) is 12.9. The van der Waals surface area contributed by atoms with Crippen LogP contribution in [-0.2, 0) is 4.79 Å². The third-order valence-corrected chi connectivity index (χ3v) is 5.03. The number of fused-ring (bicyclic) bond motifs is 1. The molecule has 0 aliphatic heterocycles. The molecule has 0 unspecified atom stereocenters. The van der Waals surface area contributed by atoms with Crippen LogP contribution in [0, 0.1) is 0 Å². The number of amides is 1. The molecular formula is C17H20BrN3O3. The van der Waals surface area contributed by atoms with Crippen LogP contribution in [0.5, 0.6) is 0 Å². The molecule has 2 aromatic rings. The van der Waals surface area contributed by atoms with Crippen molar-refractivity contribution in [2.24, 2.45) is 0 Å². The van der Waals surface area contributed by atoms with Gasteiger partial charge < -0.3 is 15.4 Å². The lowest BCUT2D eigenvalue weighted by molar-refractivity contribution is -0.139. The molecule has 7 heteroatoms. The highest BCUT2D eigenvalue weighted by Gasteiger charge is 2.34. The molecule has 0 atom stereocenters. The summed E-state index contributed by atoms with van der Waals surface area (Å²) in [6.07, 6.45) is 1.58. The Morgan fingerprint density at radius 3 is 2.79 bits per heavy atom. The molecule has 1 aliphatic carbocycles. The van der Waals surface area contributed by atoms with E-state index < -0.39 is 5.97 Å². The number of aromatic amines is 1. The van der Waals surface area contributed by atoms with E-state index in [0.29, 0.717) is 12.2 Å². The standard InChI is InChI=1S/C17H20BrN3O3/c1-2-21(9-16(22)23)13-7-12(8-13)19-17(24)15-5-10-3-4-11(18)6-14(10)20-15/h3-6,12-13,20H,2,7-9H2,1H3,(H,19,24)(H,22,23). The molecule has 24 heavy (non-hydrogen) atoms. The Balaban J connectivity index is 1.57. The molecule has 128 valence electrons. The predicted molar refractivity (Wildman–Crippen MR) is 95.2 cm³/mol. The number of carboxylic acid groups (broad SMARTS) is 1. The van der Waals surface area contributed by atoms with Crippen molar-refractivity contribution in [3.8, 4) is 0 Å². The van der Waals surface area contributed by atoms with Crippen LogP contribution in [0.3, 0.4) is 0 Å². The smallest absolute Gasteiger partial charge is 0.317 e. The van der Waals surface area contributed by atoms with Gasteiger partial charge >= 0.3 is 5.97 Å². The maximum absolute atomic E-state index is 12.4. The third-order valence-electron chi connectivity index (χ3n) is 4.54. The van der Waals surface area contributed by atoms with Crippen LogP contribution >= 0.6 is 15.9 Å². The van der Waals surface area contributed by atoms with E-state index in [4.69, 9.17) is 5.11 Å². The molecular weight excluding hydrogens is 374 g/mol. The lowest BCUT2D eigenvalue weighted by Crippen LogP contribution is -2.54. The topological polar surface area (TPSA) is 85.4 Å². The number of carbonyl (C=O) groups is 2. The molecule has 0 bridgehead atoms. The fraction of sp³-hybridized carbons (Fsp3) is 0.412. The number of aromatic nitrogens is 1. The van der Waals surface area contributed by atoms with E-state index in [2.05, 4.69) is 26.2 Å². The van der Waals surface area contributed by atoms with Gasteiger partial charge in [-0.3, -0.25) is 14.5 Å². The van der Waals surface area contributed by atoms with Gasteiger partial charge in [-0.15, -0.1) is 0 Å².